The van der Waals surface area contributed by atoms with Crippen LogP contribution >= 0.6 is 0 Å². The number of hydrazine groups is 1. The minimum Gasteiger partial charge on any atom is -0.322 e. The van der Waals surface area contributed by atoms with Crippen LogP contribution < -0.4 is 17.1 Å². The van der Waals surface area contributed by atoms with E-state index in [0.717, 1.165) is 32.1 Å². The number of unbranched alkanes of at least 4 members (excludes halogenated alkanes) is 8. The smallest absolute Gasteiger partial charge is 0.135 e. The highest BCUT2D eigenvalue weighted by atomic mass is 15.3. The lowest BCUT2D eigenvalue weighted by Gasteiger charge is -2.03. The maximum Gasteiger partial charge on any atom is 0.135 e. The van der Waals surface area contributed by atoms with Crippen molar-refractivity contribution >= 4 is 5.84 Å². The first kappa shape index (κ1) is 22.4. The summed E-state index contributed by atoms with van der Waals surface area (Å²) >= 11 is 0. The average molecular weight is 335 g/mol. The Bertz CT molecular complexity index is 370. The molecular weight excluding hydrogens is 296 g/mol. The third-order valence-corrected chi connectivity index (χ3v) is 3.88. The molecule has 0 heterocycles. The van der Waals surface area contributed by atoms with Gasteiger partial charge in [-0.15, -0.1) is 0 Å². The number of hydrazone groups is 1. The molecule has 138 valence electrons. The summed E-state index contributed by atoms with van der Waals surface area (Å²) in [5.41, 5.74) is 2.51. The van der Waals surface area contributed by atoms with Gasteiger partial charge < -0.3 is 11.3 Å². The second-order valence-electron chi connectivity index (χ2n) is 6.07. The van der Waals surface area contributed by atoms with Crippen molar-refractivity contribution in [3.05, 3.63) is 36.5 Å². The molecule has 0 atom stereocenters. The topological polar surface area (TPSA) is 76.4 Å². The second kappa shape index (κ2) is 19.5. The normalized spacial score (nSPS) is 12.8. The molecule has 0 aliphatic heterocycles. The Morgan fingerprint density at radius 2 is 1.38 bits per heavy atom. The molecule has 4 heteroatoms. The largest absolute Gasteiger partial charge is 0.322 e. The van der Waals surface area contributed by atoms with Crippen molar-refractivity contribution in [3.63, 3.8) is 0 Å². The first-order valence-electron chi connectivity index (χ1n) is 9.55. The fourth-order valence-electron chi connectivity index (χ4n) is 2.37. The lowest BCUT2D eigenvalue weighted by atomic mass is 10.1. The highest BCUT2D eigenvalue weighted by molar-refractivity contribution is 5.81. The molecule has 0 aromatic heterocycles. The summed E-state index contributed by atoms with van der Waals surface area (Å²) in [6.07, 6.45) is 27.7. The summed E-state index contributed by atoms with van der Waals surface area (Å²) in [5, 5.41) is 3.57. The zero-order valence-electron chi connectivity index (χ0n) is 15.6. The van der Waals surface area contributed by atoms with E-state index in [4.69, 9.17) is 11.7 Å². The van der Waals surface area contributed by atoms with Crippen molar-refractivity contribution in [3.8, 4) is 0 Å². The van der Waals surface area contributed by atoms with Crippen LogP contribution in [0.15, 0.2) is 41.6 Å². The summed E-state index contributed by atoms with van der Waals surface area (Å²) in [6.45, 7) is 2.25. The summed E-state index contributed by atoms with van der Waals surface area (Å²) < 4.78 is 0. The van der Waals surface area contributed by atoms with Gasteiger partial charge in [0.1, 0.15) is 5.84 Å². The highest BCUT2D eigenvalue weighted by Crippen LogP contribution is 2.06. The number of rotatable bonds is 15. The number of nitrogens with two attached hydrogens (primary N) is 2. The van der Waals surface area contributed by atoms with Crippen LogP contribution in [0.2, 0.25) is 0 Å². The molecule has 0 saturated carbocycles. The summed E-state index contributed by atoms with van der Waals surface area (Å²) in [5.74, 6) is 11.1. The van der Waals surface area contributed by atoms with Gasteiger partial charge in [-0.1, -0.05) is 69.1 Å². The van der Waals surface area contributed by atoms with E-state index in [0.29, 0.717) is 5.84 Å². The van der Waals surface area contributed by atoms with Crippen LogP contribution in [-0.2, 0) is 0 Å². The fourth-order valence-corrected chi connectivity index (χ4v) is 2.37. The molecule has 24 heavy (non-hydrogen) atoms. The molecule has 0 rings (SSSR count). The van der Waals surface area contributed by atoms with Crippen molar-refractivity contribution in [1.29, 1.82) is 0 Å². The van der Waals surface area contributed by atoms with E-state index in [1.807, 2.05) is 0 Å². The van der Waals surface area contributed by atoms with Gasteiger partial charge in [-0.05, 0) is 44.9 Å². The van der Waals surface area contributed by atoms with Crippen LogP contribution in [0.5, 0.6) is 0 Å². The molecule has 0 aromatic carbocycles. The van der Waals surface area contributed by atoms with E-state index in [1.165, 1.54) is 44.9 Å². The number of nitrogens with zero attached hydrogens (tertiary/aromatic N) is 1. The zero-order chi connectivity index (χ0) is 17.7. The molecule has 0 aliphatic carbocycles. The Labute approximate surface area is 149 Å². The minimum absolute atomic E-state index is 0.677. The van der Waals surface area contributed by atoms with Crippen molar-refractivity contribution in [1.82, 2.24) is 5.43 Å². The summed E-state index contributed by atoms with van der Waals surface area (Å²) in [7, 11) is 0. The molecule has 5 N–H and O–H groups in total. The number of nitrogens with one attached hydrogen (secondary N) is 1. The molecule has 0 aromatic rings. The molecule has 0 fully saturated rings. The van der Waals surface area contributed by atoms with Crippen molar-refractivity contribution in [2.45, 2.75) is 84.0 Å². The number of hydrogen-bond donors (Lipinski definition) is 3. The Morgan fingerprint density at radius 3 is 2.08 bits per heavy atom. The van der Waals surface area contributed by atoms with Gasteiger partial charge in [0, 0.05) is 6.42 Å². The van der Waals surface area contributed by atoms with E-state index in [1.54, 1.807) is 0 Å². The molecule has 4 nitrogen and oxygen atoms in total. The van der Waals surface area contributed by atoms with Crippen LogP contribution in [0.25, 0.3) is 0 Å². The van der Waals surface area contributed by atoms with E-state index in [9.17, 15) is 0 Å². The number of amidine groups is 1. The van der Waals surface area contributed by atoms with Gasteiger partial charge in [0.2, 0.25) is 0 Å². The monoisotopic (exact) mass is 334 g/mol. The van der Waals surface area contributed by atoms with Crippen molar-refractivity contribution in [2.75, 3.05) is 0 Å². The van der Waals surface area contributed by atoms with E-state index in [2.05, 4.69) is 53.9 Å². The lowest BCUT2D eigenvalue weighted by molar-refractivity contribution is 0.654. The first-order valence-corrected chi connectivity index (χ1v) is 9.55. The molecule has 0 unspecified atom stereocenters. The van der Waals surface area contributed by atoms with Crippen LogP contribution in [0.3, 0.4) is 0 Å². The van der Waals surface area contributed by atoms with E-state index >= 15 is 0 Å². The zero-order valence-corrected chi connectivity index (χ0v) is 15.6. The van der Waals surface area contributed by atoms with Gasteiger partial charge in [-0.3, -0.25) is 0 Å². The quantitative estimate of drug-likeness (QED) is 0.0742. The second-order valence-corrected chi connectivity index (χ2v) is 6.07. The first-order chi connectivity index (χ1) is 11.8. The maximum absolute atomic E-state index is 5.27. The number of allylic oxidation sites excluding steroid dienone is 6. The van der Waals surface area contributed by atoms with Gasteiger partial charge in [-0.25, -0.2) is 5.84 Å². The van der Waals surface area contributed by atoms with Crippen LogP contribution in [0.1, 0.15) is 84.0 Å². The molecular formula is C20H38N4. The average Bonchev–Trinajstić information content (AvgIpc) is 2.61. The highest BCUT2D eigenvalue weighted by Gasteiger charge is 1.95. The molecule has 0 amide bonds. The van der Waals surface area contributed by atoms with E-state index in [-0.39, 0.29) is 0 Å². The van der Waals surface area contributed by atoms with Gasteiger partial charge in [0.25, 0.3) is 0 Å². The predicted octanol–water partition coefficient (Wildman–Crippen LogP) is 5.09. The molecule has 0 saturated heterocycles. The van der Waals surface area contributed by atoms with Crippen molar-refractivity contribution in [2.24, 2.45) is 16.8 Å². The summed E-state index contributed by atoms with van der Waals surface area (Å²) in [6, 6.07) is 0. The SMILES string of the molecule is CCCCC/C=C\CC/C=C/C=C\CCCCCC/C(=N/N)NN. The minimum atomic E-state index is 0.677. The number of hydrogen-bond acceptors (Lipinski definition) is 3. The Hall–Kier alpha value is -1.55. The van der Waals surface area contributed by atoms with Gasteiger partial charge in [0.15, 0.2) is 0 Å². The lowest BCUT2D eigenvalue weighted by Crippen LogP contribution is -2.31. The van der Waals surface area contributed by atoms with Crippen LogP contribution in [0.4, 0.5) is 0 Å². The van der Waals surface area contributed by atoms with Gasteiger partial charge in [0.05, 0.1) is 0 Å². The van der Waals surface area contributed by atoms with Crippen LogP contribution in [-0.4, -0.2) is 5.84 Å². The Kier molecular flexibility index (Phi) is 18.2. The molecule has 0 spiro atoms. The van der Waals surface area contributed by atoms with E-state index < -0.39 is 0 Å². The maximum atomic E-state index is 5.27. The standard InChI is InChI=1S/C20H38N4/c1-2-3-4-5-6-7-8-9-10-11-12-13-14-15-16-17-18-19-20(23-21)24-22/h6-7,10-13H,2-5,8-9,14-19,21-22H2,1H3,(H,23,24)/b7-6-,11-10+,13-12-. The molecule has 0 bridgehead atoms. The Morgan fingerprint density at radius 1 is 0.792 bits per heavy atom. The fraction of sp³-hybridized carbons (Fsp3) is 0.650. The van der Waals surface area contributed by atoms with Crippen molar-refractivity contribution < 1.29 is 0 Å². The predicted molar refractivity (Wildman–Crippen MR) is 107 cm³/mol. The third-order valence-electron chi connectivity index (χ3n) is 3.88. The molecule has 0 aliphatic rings. The third kappa shape index (κ3) is 16.8. The van der Waals surface area contributed by atoms with Gasteiger partial charge in [-0.2, -0.15) is 5.10 Å². The van der Waals surface area contributed by atoms with Crippen LogP contribution in [0, 0.1) is 0 Å². The Balaban J connectivity index is 3.37. The molecule has 0 radical (unpaired) electrons. The van der Waals surface area contributed by atoms with Gasteiger partial charge >= 0.3 is 0 Å². The summed E-state index contributed by atoms with van der Waals surface area (Å²) in [4.78, 5) is 0.